The molecule has 0 radical (unpaired) electrons. The maximum atomic E-state index is 12.3. The molecule has 0 amide bonds. The molecule has 0 spiro atoms. The Morgan fingerprint density at radius 3 is 2.36 bits per heavy atom. The Labute approximate surface area is 160 Å². The van der Waals surface area contributed by atoms with Gasteiger partial charge in [0.25, 0.3) is 0 Å². The quantitative estimate of drug-likeness (QED) is 0.474. The lowest BCUT2D eigenvalue weighted by molar-refractivity contribution is -0.0498. The van der Waals surface area contributed by atoms with Crippen LogP contribution in [0, 0.1) is 0 Å². The van der Waals surface area contributed by atoms with Gasteiger partial charge in [0.15, 0.2) is 5.58 Å². The minimum Gasteiger partial charge on any atom is -0.454 e. The Kier molecular flexibility index (Phi) is 4.65. The molecule has 142 valence electrons. The smallest absolute Gasteiger partial charge is 0.387 e. The SMILES string of the molecule is CN(C)c1ccc(-c2ccnc3cc(-c4ccc(OC(F)F)cc4)oc23)cn1. The van der Waals surface area contributed by atoms with Crippen LogP contribution in [-0.2, 0) is 0 Å². The second kappa shape index (κ2) is 7.26. The fourth-order valence-corrected chi connectivity index (χ4v) is 2.92. The monoisotopic (exact) mass is 381 g/mol. The van der Waals surface area contributed by atoms with E-state index < -0.39 is 6.61 Å². The number of halogens is 2. The lowest BCUT2D eigenvalue weighted by Crippen LogP contribution is -2.09. The van der Waals surface area contributed by atoms with Crippen LogP contribution in [0.15, 0.2) is 65.3 Å². The standard InChI is InChI=1S/C21H17F2N3O2/c1-26(2)19-8-5-14(12-25-19)16-9-10-24-17-11-18(28-20(16)17)13-3-6-15(7-4-13)27-21(22)23/h3-12,21H,1-2H3. The van der Waals surface area contributed by atoms with Crippen molar-refractivity contribution in [2.24, 2.45) is 0 Å². The highest BCUT2D eigenvalue weighted by molar-refractivity contribution is 5.92. The molecular weight excluding hydrogens is 364 g/mol. The number of fused-ring (bicyclic) bond motifs is 1. The zero-order chi connectivity index (χ0) is 19.7. The van der Waals surface area contributed by atoms with E-state index in [0.29, 0.717) is 16.9 Å². The first-order valence-corrected chi connectivity index (χ1v) is 8.59. The molecule has 7 heteroatoms. The molecule has 0 atom stereocenters. The van der Waals surface area contributed by atoms with Crippen LogP contribution in [0.1, 0.15) is 0 Å². The Hall–Kier alpha value is -3.48. The number of hydrogen-bond acceptors (Lipinski definition) is 5. The molecule has 5 nitrogen and oxygen atoms in total. The van der Waals surface area contributed by atoms with E-state index in [0.717, 1.165) is 22.5 Å². The maximum absolute atomic E-state index is 12.3. The molecule has 3 aromatic heterocycles. The summed E-state index contributed by atoms with van der Waals surface area (Å²) >= 11 is 0. The highest BCUT2D eigenvalue weighted by Crippen LogP contribution is 2.34. The number of aromatic nitrogens is 2. The molecule has 0 bridgehead atoms. The van der Waals surface area contributed by atoms with Crippen LogP contribution in [0.3, 0.4) is 0 Å². The van der Waals surface area contributed by atoms with Crippen LogP contribution in [0.2, 0.25) is 0 Å². The third-order valence-corrected chi connectivity index (χ3v) is 4.29. The summed E-state index contributed by atoms with van der Waals surface area (Å²) in [4.78, 5) is 10.7. The molecule has 0 unspecified atom stereocenters. The van der Waals surface area contributed by atoms with E-state index >= 15 is 0 Å². The Morgan fingerprint density at radius 1 is 0.964 bits per heavy atom. The summed E-state index contributed by atoms with van der Waals surface area (Å²) in [6.07, 6.45) is 3.51. The molecule has 0 aliphatic carbocycles. The van der Waals surface area contributed by atoms with Gasteiger partial charge < -0.3 is 14.1 Å². The summed E-state index contributed by atoms with van der Waals surface area (Å²) in [5, 5.41) is 0. The molecule has 0 saturated heterocycles. The molecule has 4 rings (SSSR count). The minimum absolute atomic E-state index is 0.0979. The number of alkyl halides is 2. The second-order valence-electron chi connectivity index (χ2n) is 6.39. The van der Waals surface area contributed by atoms with E-state index in [9.17, 15) is 8.78 Å². The minimum atomic E-state index is -2.85. The van der Waals surface area contributed by atoms with Crippen LogP contribution in [-0.4, -0.2) is 30.7 Å². The zero-order valence-corrected chi connectivity index (χ0v) is 15.3. The molecule has 3 heterocycles. The summed E-state index contributed by atoms with van der Waals surface area (Å²) < 4.78 is 35.0. The first-order valence-electron chi connectivity index (χ1n) is 8.59. The van der Waals surface area contributed by atoms with Gasteiger partial charge in [0, 0.05) is 49.2 Å². The highest BCUT2D eigenvalue weighted by Gasteiger charge is 2.13. The summed E-state index contributed by atoms with van der Waals surface area (Å²) in [7, 11) is 3.87. The lowest BCUT2D eigenvalue weighted by atomic mass is 10.1. The second-order valence-corrected chi connectivity index (χ2v) is 6.39. The predicted molar refractivity (Wildman–Crippen MR) is 104 cm³/mol. The summed E-state index contributed by atoms with van der Waals surface area (Å²) in [6.45, 7) is -2.85. The summed E-state index contributed by atoms with van der Waals surface area (Å²) in [5.41, 5.74) is 3.89. The first kappa shape index (κ1) is 17.9. The fraction of sp³-hybridized carbons (Fsp3) is 0.143. The van der Waals surface area contributed by atoms with Crippen molar-refractivity contribution < 1.29 is 17.9 Å². The summed E-state index contributed by atoms with van der Waals surface area (Å²) in [5.74, 6) is 1.55. The van der Waals surface area contributed by atoms with Crippen molar-refractivity contribution in [2.45, 2.75) is 6.61 Å². The molecule has 0 aliphatic rings. The molecule has 0 saturated carbocycles. The van der Waals surface area contributed by atoms with E-state index in [2.05, 4.69) is 14.7 Å². The van der Waals surface area contributed by atoms with Crippen molar-refractivity contribution >= 4 is 16.9 Å². The van der Waals surface area contributed by atoms with E-state index in [1.54, 1.807) is 24.5 Å². The molecule has 0 fully saturated rings. The van der Waals surface area contributed by atoms with Gasteiger partial charge in [-0.25, -0.2) is 4.98 Å². The van der Waals surface area contributed by atoms with Crippen molar-refractivity contribution in [2.75, 3.05) is 19.0 Å². The number of anilines is 1. The first-order chi connectivity index (χ1) is 13.5. The van der Waals surface area contributed by atoms with Gasteiger partial charge in [0.2, 0.25) is 0 Å². The maximum Gasteiger partial charge on any atom is 0.387 e. The predicted octanol–water partition coefficient (Wildman–Crippen LogP) is 5.22. The van der Waals surface area contributed by atoms with Crippen LogP contribution >= 0.6 is 0 Å². The van der Waals surface area contributed by atoms with Gasteiger partial charge in [0.05, 0.1) is 0 Å². The van der Waals surface area contributed by atoms with E-state index in [4.69, 9.17) is 4.42 Å². The zero-order valence-electron chi connectivity index (χ0n) is 15.3. The summed E-state index contributed by atoms with van der Waals surface area (Å²) in [6, 6.07) is 13.9. The van der Waals surface area contributed by atoms with Gasteiger partial charge in [-0.15, -0.1) is 0 Å². The highest BCUT2D eigenvalue weighted by atomic mass is 19.3. The number of nitrogens with zero attached hydrogens (tertiary/aromatic N) is 3. The van der Waals surface area contributed by atoms with Crippen molar-refractivity contribution in [3.63, 3.8) is 0 Å². The average Bonchev–Trinajstić information content (AvgIpc) is 3.12. The molecule has 4 aromatic rings. The largest absolute Gasteiger partial charge is 0.454 e. The Bertz CT molecular complexity index is 1090. The van der Waals surface area contributed by atoms with Gasteiger partial charge >= 0.3 is 6.61 Å². The van der Waals surface area contributed by atoms with Crippen molar-refractivity contribution in [3.8, 4) is 28.2 Å². The van der Waals surface area contributed by atoms with Crippen LogP contribution in [0.25, 0.3) is 33.6 Å². The molecule has 0 N–H and O–H groups in total. The topological polar surface area (TPSA) is 51.4 Å². The average molecular weight is 381 g/mol. The number of pyridine rings is 2. The normalized spacial score (nSPS) is 11.2. The van der Waals surface area contributed by atoms with Gasteiger partial charge in [0.1, 0.15) is 22.8 Å². The Balaban J connectivity index is 1.71. The van der Waals surface area contributed by atoms with Crippen molar-refractivity contribution in [1.29, 1.82) is 0 Å². The van der Waals surface area contributed by atoms with Crippen LogP contribution in [0.4, 0.5) is 14.6 Å². The van der Waals surface area contributed by atoms with E-state index in [-0.39, 0.29) is 5.75 Å². The molecule has 1 aromatic carbocycles. The van der Waals surface area contributed by atoms with Gasteiger partial charge in [-0.2, -0.15) is 8.78 Å². The third-order valence-electron chi connectivity index (χ3n) is 4.29. The van der Waals surface area contributed by atoms with Gasteiger partial charge in [-0.1, -0.05) is 0 Å². The van der Waals surface area contributed by atoms with Gasteiger partial charge in [-0.05, 0) is 42.5 Å². The third kappa shape index (κ3) is 3.51. The van der Waals surface area contributed by atoms with Crippen molar-refractivity contribution in [3.05, 3.63) is 60.9 Å². The van der Waals surface area contributed by atoms with E-state index in [1.807, 2.05) is 43.3 Å². The number of hydrogen-bond donors (Lipinski definition) is 0. The van der Waals surface area contributed by atoms with E-state index in [1.165, 1.54) is 12.1 Å². The van der Waals surface area contributed by atoms with Gasteiger partial charge in [-0.3, -0.25) is 4.98 Å². The number of benzene rings is 1. The van der Waals surface area contributed by atoms with Crippen LogP contribution in [0.5, 0.6) is 5.75 Å². The van der Waals surface area contributed by atoms with Crippen molar-refractivity contribution in [1.82, 2.24) is 9.97 Å². The molecule has 0 aliphatic heterocycles. The van der Waals surface area contributed by atoms with Crippen LogP contribution < -0.4 is 9.64 Å². The molecular formula is C21H17F2N3O2. The lowest BCUT2D eigenvalue weighted by Gasteiger charge is -2.11. The number of rotatable bonds is 5. The molecule has 28 heavy (non-hydrogen) atoms. The Morgan fingerprint density at radius 2 is 1.71 bits per heavy atom. The number of ether oxygens (including phenoxy) is 1. The number of furan rings is 1. The fourth-order valence-electron chi connectivity index (χ4n) is 2.92.